The topological polar surface area (TPSA) is 85.9 Å². The molecule has 1 aliphatic rings. The average molecular weight is 571 g/mol. The average Bonchev–Trinajstić information content (AvgIpc) is 3.22. The minimum atomic E-state index is -4.70. The highest BCUT2D eigenvalue weighted by atomic mass is 19.4. The van der Waals surface area contributed by atoms with Crippen LogP contribution in [0.15, 0.2) is 66.7 Å². The van der Waals surface area contributed by atoms with Crippen LogP contribution in [-0.4, -0.2) is 37.5 Å². The highest BCUT2D eigenvalue weighted by Crippen LogP contribution is 2.44. The minimum absolute atomic E-state index is 0.0643. The zero-order valence-electron chi connectivity index (χ0n) is 23.3. The maximum absolute atomic E-state index is 13.8. The first-order valence-electron chi connectivity index (χ1n) is 13.3. The molecular formula is C31H33F3N2O5. The maximum atomic E-state index is 13.8. The Morgan fingerprint density at radius 3 is 2.07 bits per heavy atom. The number of hydrogen-bond donors (Lipinski definition) is 2. The number of hydrogen-bond acceptors (Lipinski definition) is 5. The summed E-state index contributed by atoms with van der Waals surface area (Å²) in [5.41, 5.74) is 2.65. The second kappa shape index (κ2) is 12.1. The van der Waals surface area contributed by atoms with Gasteiger partial charge in [0.1, 0.15) is 24.6 Å². The molecule has 1 atom stereocenters. The number of halogens is 3. The summed E-state index contributed by atoms with van der Waals surface area (Å²) < 4.78 is 57.7. The van der Waals surface area contributed by atoms with Crippen molar-refractivity contribution < 1.29 is 37.0 Å². The largest absolute Gasteiger partial charge is 0.491 e. The van der Waals surface area contributed by atoms with Gasteiger partial charge in [-0.2, -0.15) is 13.2 Å². The molecule has 0 fully saturated rings. The number of benzene rings is 3. The van der Waals surface area contributed by atoms with Crippen molar-refractivity contribution >= 4 is 12.2 Å². The molecule has 0 saturated carbocycles. The summed E-state index contributed by atoms with van der Waals surface area (Å²) >= 11 is 0. The number of alkyl halides is 3. The minimum Gasteiger partial charge on any atom is -0.491 e. The van der Waals surface area contributed by atoms with Gasteiger partial charge in [-0.3, -0.25) is 0 Å². The third-order valence-electron chi connectivity index (χ3n) is 6.51. The molecule has 7 nitrogen and oxygen atoms in total. The van der Waals surface area contributed by atoms with Crippen LogP contribution >= 0.6 is 0 Å². The van der Waals surface area contributed by atoms with Gasteiger partial charge in [0.25, 0.3) is 0 Å². The standard InChI is InChI=1S/C31H33F3N2O5/c1-19(36-29(38)40-18-25-23-12-7-5-10-21(23)22-11-6-8-13-24(22)25)20-14-9-15-26(31(32,33)34)27(20)39-17-16-35-28(37)41-30(2,3)4/h5-15,19,25H,16-18H2,1-4H3,(H,35,37)(H,36,38)/t19-/m1/s1. The number of fused-ring (bicyclic) bond motifs is 3. The number of nitrogens with one attached hydrogen (secondary N) is 2. The van der Waals surface area contributed by atoms with Crippen molar-refractivity contribution in [2.45, 2.75) is 51.4 Å². The maximum Gasteiger partial charge on any atom is 0.419 e. The molecule has 4 rings (SSSR count). The van der Waals surface area contributed by atoms with E-state index in [1.807, 2.05) is 48.5 Å². The van der Waals surface area contributed by atoms with Crippen LogP contribution in [0, 0.1) is 0 Å². The van der Waals surface area contributed by atoms with Crippen molar-refractivity contribution in [3.05, 3.63) is 89.0 Å². The fourth-order valence-corrected chi connectivity index (χ4v) is 4.80. The molecule has 41 heavy (non-hydrogen) atoms. The van der Waals surface area contributed by atoms with Crippen LogP contribution in [0.5, 0.6) is 5.75 Å². The van der Waals surface area contributed by atoms with Gasteiger partial charge in [0.15, 0.2) is 0 Å². The Hall–Kier alpha value is -4.21. The van der Waals surface area contributed by atoms with Crippen molar-refractivity contribution in [3.8, 4) is 16.9 Å². The Bertz CT molecular complexity index is 1360. The van der Waals surface area contributed by atoms with E-state index >= 15 is 0 Å². The number of carbonyl (C=O) groups excluding carboxylic acids is 2. The SMILES string of the molecule is C[C@@H](NC(=O)OCC1c2ccccc2-c2ccccc21)c1cccc(C(F)(F)F)c1OCCNC(=O)OC(C)(C)C. The molecule has 0 spiro atoms. The molecule has 0 saturated heterocycles. The smallest absolute Gasteiger partial charge is 0.419 e. The van der Waals surface area contributed by atoms with E-state index in [2.05, 4.69) is 10.6 Å². The lowest BCUT2D eigenvalue weighted by Crippen LogP contribution is -2.35. The highest BCUT2D eigenvalue weighted by molar-refractivity contribution is 5.79. The van der Waals surface area contributed by atoms with Crippen molar-refractivity contribution in [1.82, 2.24) is 10.6 Å². The molecule has 0 aliphatic heterocycles. The van der Waals surface area contributed by atoms with E-state index in [1.54, 1.807) is 27.7 Å². The van der Waals surface area contributed by atoms with Gasteiger partial charge in [-0.25, -0.2) is 9.59 Å². The number of ether oxygens (including phenoxy) is 3. The monoisotopic (exact) mass is 570 g/mol. The Balaban J connectivity index is 1.42. The third-order valence-corrected chi connectivity index (χ3v) is 6.51. The van der Waals surface area contributed by atoms with Crippen LogP contribution in [0.2, 0.25) is 0 Å². The molecule has 2 N–H and O–H groups in total. The van der Waals surface area contributed by atoms with Crippen LogP contribution < -0.4 is 15.4 Å². The van der Waals surface area contributed by atoms with Gasteiger partial charge in [-0.15, -0.1) is 0 Å². The molecule has 3 aromatic carbocycles. The fourth-order valence-electron chi connectivity index (χ4n) is 4.80. The van der Waals surface area contributed by atoms with Crippen LogP contribution in [0.25, 0.3) is 11.1 Å². The quantitative estimate of drug-likeness (QED) is 0.280. The van der Waals surface area contributed by atoms with Crippen molar-refractivity contribution in [3.63, 3.8) is 0 Å². The summed E-state index contributed by atoms with van der Waals surface area (Å²) in [6.07, 6.45) is -6.18. The zero-order chi connectivity index (χ0) is 29.8. The van der Waals surface area contributed by atoms with Gasteiger partial charge in [-0.1, -0.05) is 60.7 Å². The number of para-hydroxylation sites is 1. The van der Waals surface area contributed by atoms with Crippen LogP contribution in [0.3, 0.4) is 0 Å². The second-order valence-electron chi connectivity index (χ2n) is 10.7. The second-order valence-corrected chi connectivity index (χ2v) is 10.7. The number of rotatable bonds is 8. The Morgan fingerprint density at radius 1 is 0.878 bits per heavy atom. The lowest BCUT2D eigenvalue weighted by atomic mass is 9.98. The van der Waals surface area contributed by atoms with Crippen molar-refractivity contribution in [2.75, 3.05) is 19.8 Å². The molecule has 0 unspecified atom stereocenters. The molecule has 1 aliphatic carbocycles. The van der Waals surface area contributed by atoms with E-state index in [9.17, 15) is 22.8 Å². The van der Waals surface area contributed by atoms with Gasteiger partial charge in [-0.05, 0) is 56.0 Å². The van der Waals surface area contributed by atoms with Gasteiger partial charge < -0.3 is 24.8 Å². The Kier molecular flexibility index (Phi) is 8.80. The van der Waals surface area contributed by atoms with Crippen molar-refractivity contribution in [1.29, 1.82) is 0 Å². The van der Waals surface area contributed by atoms with Crippen LogP contribution in [-0.2, 0) is 15.7 Å². The Morgan fingerprint density at radius 2 is 1.49 bits per heavy atom. The first kappa shape index (κ1) is 29.8. The molecule has 3 aromatic rings. The molecule has 0 aromatic heterocycles. The first-order chi connectivity index (χ1) is 19.3. The summed E-state index contributed by atoms with van der Waals surface area (Å²) in [6, 6.07) is 18.5. The molecule has 2 amide bonds. The lowest BCUT2D eigenvalue weighted by Gasteiger charge is -2.23. The molecular weight excluding hydrogens is 537 g/mol. The molecule has 10 heteroatoms. The predicted molar refractivity (Wildman–Crippen MR) is 148 cm³/mol. The number of carbonyl (C=O) groups is 2. The predicted octanol–water partition coefficient (Wildman–Crippen LogP) is 7.21. The normalized spacial score (nSPS) is 13.5. The summed E-state index contributed by atoms with van der Waals surface area (Å²) in [5.74, 6) is -0.592. The van der Waals surface area contributed by atoms with Gasteiger partial charge >= 0.3 is 18.4 Å². The first-order valence-corrected chi connectivity index (χ1v) is 13.3. The van der Waals surface area contributed by atoms with Gasteiger partial charge in [0.2, 0.25) is 0 Å². The van der Waals surface area contributed by atoms with Gasteiger partial charge in [0.05, 0.1) is 18.2 Å². The van der Waals surface area contributed by atoms with Gasteiger partial charge in [0, 0.05) is 11.5 Å². The highest BCUT2D eigenvalue weighted by Gasteiger charge is 2.36. The van der Waals surface area contributed by atoms with E-state index in [0.717, 1.165) is 28.3 Å². The van der Waals surface area contributed by atoms with Crippen molar-refractivity contribution in [2.24, 2.45) is 0 Å². The van der Waals surface area contributed by atoms with Crippen LogP contribution in [0.4, 0.5) is 22.8 Å². The van der Waals surface area contributed by atoms with E-state index in [1.165, 1.54) is 12.1 Å². The molecule has 218 valence electrons. The molecule has 0 heterocycles. The fraction of sp³-hybridized carbons (Fsp3) is 0.355. The van der Waals surface area contributed by atoms with E-state index in [-0.39, 0.29) is 31.2 Å². The summed E-state index contributed by atoms with van der Waals surface area (Å²) in [4.78, 5) is 24.6. The number of alkyl carbamates (subject to hydrolysis) is 2. The van der Waals surface area contributed by atoms with E-state index < -0.39 is 41.3 Å². The van der Waals surface area contributed by atoms with Crippen LogP contribution in [0.1, 0.15) is 61.9 Å². The lowest BCUT2D eigenvalue weighted by molar-refractivity contribution is -0.139. The molecule has 0 bridgehead atoms. The third kappa shape index (κ3) is 7.31. The number of amides is 2. The Labute approximate surface area is 237 Å². The zero-order valence-corrected chi connectivity index (χ0v) is 23.3. The van der Waals surface area contributed by atoms with E-state index in [0.29, 0.717) is 0 Å². The van der Waals surface area contributed by atoms with E-state index in [4.69, 9.17) is 14.2 Å². The summed E-state index contributed by atoms with van der Waals surface area (Å²) in [7, 11) is 0. The summed E-state index contributed by atoms with van der Waals surface area (Å²) in [5, 5.41) is 5.07. The summed E-state index contributed by atoms with van der Waals surface area (Å²) in [6.45, 7) is 6.35. The molecule has 0 radical (unpaired) electrons.